The molecular weight excluding hydrogens is 316 g/mol. The van der Waals surface area contributed by atoms with E-state index in [0.717, 1.165) is 0 Å². The van der Waals surface area contributed by atoms with E-state index in [9.17, 15) is 13.2 Å². The molecule has 118 valence electrons. The topological polar surface area (TPSA) is 75.7 Å². The zero-order chi connectivity index (χ0) is 14.8. The van der Waals surface area contributed by atoms with Gasteiger partial charge in [-0.05, 0) is 25.1 Å². The van der Waals surface area contributed by atoms with Crippen LogP contribution in [0.15, 0.2) is 29.2 Å². The fourth-order valence-electron chi connectivity index (χ4n) is 2.22. The van der Waals surface area contributed by atoms with Crippen molar-refractivity contribution >= 4 is 28.4 Å². The third-order valence-corrected chi connectivity index (χ3v) is 5.31. The Morgan fingerprint density at radius 3 is 2.76 bits per heavy atom. The Morgan fingerprint density at radius 2 is 2.14 bits per heavy atom. The third-order valence-electron chi connectivity index (χ3n) is 3.30. The standard InChI is InChI=1S/C13H18N2O4S.ClH/c1-10-9-14-6-7-15(10)20(17,18)12-5-3-4-11(8-12)13(16)19-2;/h3-5,8,10,14H,6-7,9H2,1-2H3;1H. The van der Waals surface area contributed by atoms with Crippen molar-refractivity contribution in [3.8, 4) is 0 Å². The SMILES string of the molecule is COC(=O)c1cccc(S(=O)(=O)N2CCNCC2C)c1.Cl. The van der Waals surface area contributed by atoms with E-state index in [0.29, 0.717) is 19.6 Å². The number of esters is 1. The number of halogens is 1. The van der Waals surface area contributed by atoms with Crippen LogP contribution in [0.5, 0.6) is 0 Å². The summed E-state index contributed by atoms with van der Waals surface area (Å²) in [6, 6.07) is 5.82. The van der Waals surface area contributed by atoms with Gasteiger partial charge >= 0.3 is 5.97 Å². The number of nitrogens with zero attached hydrogens (tertiary/aromatic N) is 1. The lowest BCUT2D eigenvalue weighted by Gasteiger charge is -2.32. The third kappa shape index (κ3) is 3.74. The fraction of sp³-hybridized carbons (Fsp3) is 0.462. The van der Waals surface area contributed by atoms with Crippen molar-refractivity contribution in [1.82, 2.24) is 9.62 Å². The van der Waals surface area contributed by atoms with E-state index >= 15 is 0 Å². The second-order valence-corrected chi connectivity index (χ2v) is 6.58. The molecule has 1 aliphatic rings. The smallest absolute Gasteiger partial charge is 0.337 e. The lowest BCUT2D eigenvalue weighted by Crippen LogP contribution is -2.52. The van der Waals surface area contributed by atoms with E-state index < -0.39 is 16.0 Å². The van der Waals surface area contributed by atoms with Crippen LogP contribution in [0.25, 0.3) is 0 Å². The molecule has 1 fully saturated rings. The summed E-state index contributed by atoms with van der Waals surface area (Å²) >= 11 is 0. The molecule has 1 heterocycles. The van der Waals surface area contributed by atoms with E-state index in [-0.39, 0.29) is 28.9 Å². The van der Waals surface area contributed by atoms with E-state index in [1.165, 1.54) is 29.6 Å². The lowest BCUT2D eigenvalue weighted by molar-refractivity contribution is 0.0600. The number of hydrogen-bond acceptors (Lipinski definition) is 5. The van der Waals surface area contributed by atoms with E-state index in [1.54, 1.807) is 6.07 Å². The molecule has 0 aliphatic carbocycles. The lowest BCUT2D eigenvalue weighted by atomic mass is 10.2. The summed E-state index contributed by atoms with van der Waals surface area (Å²) in [5, 5.41) is 3.15. The summed E-state index contributed by atoms with van der Waals surface area (Å²) in [7, 11) is -2.32. The molecule has 1 saturated heterocycles. The van der Waals surface area contributed by atoms with Gasteiger partial charge in [0.1, 0.15) is 0 Å². The first-order valence-corrected chi connectivity index (χ1v) is 7.82. The van der Waals surface area contributed by atoms with Crippen molar-refractivity contribution in [2.45, 2.75) is 17.9 Å². The van der Waals surface area contributed by atoms with Gasteiger partial charge < -0.3 is 10.1 Å². The van der Waals surface area contributed by atoms with E-state index in [2.05, 4.69) is 10.1 Å². The molecule has 1 unspecified atom stereocenters. The summed E-state index contributed by atoms with van der Waals surface area (Å²) in [4.78, 5) is 11.6. The van der Waals surface area contributed by atoms with Gasteiger partial charge in [-0.15, -0.1) is 12.4 Å². The highest BCUT2D eigenvalue weighted by Gasteiger charge is 2.31. The van der Waals surface area contributed by atoms with Crippen molar-refractivity contribution in [3.05, 3.63) is 29.8 Å². The van der Waals surface area contributed by atoms with Gasteiger partial charge in [0.2, 0.25) is 10.0 Å². The van der Waals surface area contributed by atoms with Crippen LogP contribution in [0.1, 0.15) is 17.3 Å². The number of methoxy groups -OCH3 is 1. The molecule has 0 bridgehead atoms. The Morgan fingerprint density at radius 1 is 1.43 bits per heavy atom. The van der Waals surface area contributed by atoms with Crippen molar-refractivity contribution < 1.29 is 17.9 Å². The number of benzene rings is 1. The van der Waals surface area contributed by atoms with Crippen LogP contribution in [0.3, 0.4) is 0 Å². The summed E-state index contributed by atoms with van der Waals surface area (Å²) < 4.78 is 31.3. The Labute approximate surface area is 130 Å². The summed E-state index contributed by atoms with van der Waals surface area (Å²) in [5.74, 6) is -0.546. The Kier molecular flexibility index (Phi) is 6.15. The van der Waals surface area contributed by atoms with Gasteiger partial charge in [-0.25, -0.2) is 13.2 Å². The number of carbonyl (C=O) groups is 1. The second-order valence-electron chi connectivity index (χ2n) is 4.69. The minimum atomic E-state index is -3.59. The van der Waals surface area contributed by atoms with Crippen LogP contribution in [0.2, 0.25) is 0 Å². The molecule has 0 amide bonds. The predicted molar refractivity (Wildman–Crippen MR) is 81.3 cm³/mol. The largest absolute Gasteiger partial charge is 0.465 e. The van der Waals surface area contributed by atoms with Crippen LogP contribution in [0, 0.1) is 0 Å². The maximum Gasteiger partial charge on any atom is 0.337 e. The fourth-order valence-corrected chi connectivity index (χ4v) is 3.89. The first kappa shape index (κ1) is 17.9. The minimum Gasteiger partial charge on any atom is -0.465 e. The van der Waals surface area contributed by atoms with Crippen LogP contribution >= 0.6 is 12.4 Å². The predicted octanol–water partition coefficient (Wildman–Crippen LogP) is 0.877. The Bertz CT molecular complexity index is 606. The molecule has 0 aromatic heterocycles. The van der Waals surface area contributed by atoms with Gasteiger partial charge in [-0.3, -0.25) is 0 Å². The molecule has 1 aromatic rings. The van der Waals surface area contributed by atoms with Gasteiger partial charge in [-0.1, -0.05) is 6.07 Å². The molecule has 8 heteroatoms. The van der Waals surface area contributed by atoms with Gasteiger partial charge in [0.25, 0.3) is 0 Å². The molecular formula is C13H19ClN2O4S. The van der Waals surface area contributed by atoms with E-state index in [4.69, 9.17) is 0 Å². The number of hydrogen-bond donors (Lipinski definition) is 1. The number of nitrogens with one attached hydrogen (secondary N) is 1. The Hall–Kier alpha value is -1.15. The van der Waals surface area contributed by atoms with Crippen molar-refractivity contribution in [3.63, 3.8) is 0 Å². The maximum absolute atomic E-state index is 12.6. The zero-order valence-corrected chi connectivity index (χ0v) is 13.5. The monoisotopic (exact) mass is 334 g/mol. The quantitative estimate of drug-likeness (QED) is 0.830. The van der Waals surface area contributed by atoms with Gasteiger partial charge in [-0.2, -0.15) is 4.31 Å². The summed E-state index contributed by atoms with van der Waals surface area (Å²) in [5.41, 5.74) is 0.233. The highest BCUT2D eigenvalue weighted by molar-refractivity contribution is 7.89. The molecule has 0 saturated carbocycles. The number of sulfonamides is 1. The molecule has 1 atom stereocenters. The Balaban J connectivity index is 0.00000220. The van der Waals surface area contributed by atoms with Gasteiger partial charge in [0.05, 0.1) is 17.6 Å². The summed E-state index contributed by atoms with van der Waals surface area (Å²) in [6.45, 7) is 3.52. The average molecular weight is 335 g/mol. The normalized spacial score (nSPS) is 19.6. The first-order chi connectivity index (χ1) is 9.46. The summed E-state index contributed by atoms with van der Waals surface area (Å²) in [6.07, 6.45) is 0. The van der Waals surface area contributed by atoms with Gasteiger partial charge in [0, 0.05) is 25.7 Å². The number of ether oxygens (including phenoxy) is 1. The number of carbonyl (C=O) groups excluding carboxylic acids is 1. The van der Waals surface area contributed by atoms with Gasteiger partial charge in [0.15, 0.2) is 0 Å². The molecule has 2 rings (SSSR count). The van der Waals surface area contributed by atoms with Crippen LogP contribution in [-0.4, -0.2) is 51.5 Å². The van der Waals surface area contributed by atoms with E-state index in [1.807, 2.05) is 6.92 Å². The van der Waals surface area contributed by atoms with Crippen molar-refractivity contribution in [2.24, 2.45) is 0 Å². The van der Waals surface area contributed by atoms with Crippen molar-refractivity contribution in [2.75, 3.05) is 26.7 Å². The van der Waals surface area contributed by atoms with Crippen LogP contribution in [0.4, 0.5) is 0 Å². The molecule has 6 nitrogen and oxygen atoms in total. The molecule has 1 aliphatic heterocycles. The highest BCUT2D eigenvalue weighted by Crippen LogP contribution is 2.20. The first-order valence-electron chi connectivity index (χ1n) is 6.38. The number of rotatable bonds is 3. The minimum absolute atomic E-state index is 0. The molecule has 0 spiro atoms. The van der Waals surface area contributed by atoms with Crippen molar-refractivity contribution in [1.29, 1.82) is 0 Å². The number of piperazine rings is 1. The average Bonchev–Trinajstić information content (AvgIpc) is 2.47. The molecule has 1 N–H and O–H groups in total. The molecule has 0 radical (unpaired) electrons. The van der Waals surface area contributed by atoms with Crippen LogP contribution < -0.4 is 5.32 Å². The molecule has 1 aromatic carbocycles. The van der Waals surface area contributed by atoms with Crippen LogP contribution in [-0.2, 0) is 14.8 Å². The maximum atomic E-state index is 12.6. The zero-order valence-electron chi connectivity index (χ0n) is 11.9. The second kappa shape index (κ2) is 7.22. The highest BCUT2D eigenvalue weighted by atomic mass is 35.5. The molecule has 21 heavy (non-hydrogen) atoms.